The van der Waals surface area contributed by atoms with E-state index in [1.54, 1.807) is 0 Å². The number of aliphatic hydroxyl groups is 1. The predicted octanol–water partition coefficient (Wildman–Crippen LogP) is 3.62. The van der Waals surface area contributed by atoms with Gasteiger partial charge >= 0.3 is 0 Å². The third kappa shape index (κ3) is 5.51. The van der Waals surface area contributed by atoms with Crippen LogP contribution in [0.2, 0.25) is 0 Å². The number of hydrogen-bond donors (Lipinski definition) is 3. The molecule has 33 heavy (non-hydrogen) atoms. The Morgan fingerprint density at radius 1 is 0.970 bits per heavy atom. The Labute approximate surface area is 195 Å². The fourth-order valence-electron chi connectivity index (χ4n) is 5.09. The number of anilines is 2. The molecular formula is C25H35N7O. The van der Waals surface area contributed by atoms with Crippen LogP contribution >= 0.6 is 0 Å². The zero-order chi connectivity index (χ0) is 22.5. The van der Waals surface area contributed by atoms with Crippen molar-refractivity contribution in [1.29, 1.82) is 0 Å². The number of piperidine rings is 1. The van der Waals surface area contributed by atoms with Gasteiger partial charge in [-0.05, 0) is 56.5 Å². The third-order valence-electron chi connectivity index (χ3n) is 7.06. The van der Waals surface area contributed by atoms with Gasteiger partial charge in [0.15, 0.2) is 5.65 Å². The monoisotopic (exact) mass is 449 g/mol. The molecule has 0 bridgehead atoms. The number of aliphatic hydroxyl groups excluding tert-OH is 1. The van der Waals surface area contributed by atoms with Crippen molar-refractivity contribution in [3.63, 3.8) is 0 Å². The van der Waals surface area contributed by atoms with E-state index in [0.29, 0.717) is 18.0 Å². The van der Waals surface area contributed by atoms with E-state index < -0.39 is 0 Å². The quantitative estimate of drug-likeness (QED) is 0.484. The van der Waals surface area contributed by atoms with Crippen molar-refractivity contribution in [2.45, 2.75) is 63.6 Å². The van der Waals surface area contributed by atoms with Crippen molar-refractivity contribution in [2.75, 3.05) is 31.6 Å². The largest absolute Gasteiger partial charge is 0.395 e. The molecule has 2 aliphatic rings. The summed E-state index contributed by atoms with van der Waals surface area (Å²) in [6.07, 6.45) is 12.2. The molecule has 2 aromatic heterocycles. The molecule has 8 heteroatoms. The summed E-state index contributed by atoms with van der Waals surface area (Å²) in [4.78, 5) is 11.6. The Kier molecular flexibility index (Phi) is 7.14. The Morgan fingerprint density at radius 3 is 2.52 bits per heavy atom. The highest BCUT2D eigenvalue weighted by molar-refractivity contribution is 5.75. The molecule has 0 spiro atoms. The minimum Gasteiger partial charge on any atom is -0.395 e. The summed E-state index contributed by atoms with van der Waals surface area (Å²) < 4.78 is 2.10. The second-order valence-electron chi connectivity index (χ2n) is 9.40. The molecular weight excluding hydrogens is 414 g/mol. The second kappa shape index (κ2) is 10.6. The molecule has 0 radical (unpaired) electrons. The fourth-order valence-corrected chi connectivity index (χ4v) is 5.09. The summed E-state index contributed by atoms with van der Waals surface area (Å²) in [6, 6.07) is 9.49. The number of nitrogens with zero attached hydrogens (tertiary/aromatic N) is 5. The van der Waals surface area contributed by atoms with Crippen molar-refractivity contribution < 1.29 is 5.11 Å². The second-order valence-corrected chi connectivity index (χ2v) is 9.40. The van der Waals surface area contributed by atoms with Gasteiger partial charge < -0.3 is 20.6 Å². The number of aromatic nitrogens is 4. The van der Waals surface area contributed by atoms with Crippen LogP contribution in [0.4, 0.5) is 11.6 Å². The topological polar surface area (TPSA) is 91.1 Å². The smallest absolute Gasteiger partial charge is 0.229 e. The van der Waals surface area contributed by atoms with E-state index in [2.05, 4.69) is 54.6 Å². The van der Waals surface area contributed by atoms with E-state index >= 15 is 0 Å². The average Bonchev–Trinajstić information content (AvgIpc) is 3.29. The van der Waals surface area contributed by atoms with Crippen molar-refractivity contribution in [3.8, 4) is 0 Å². The fraction of sp³-hybridized carbons (Fsp3) is 0.560. The van der Waals surface area contributed by atoms with E-state index in [-0.39, 0.29) is 6.61 Å². The first-order valence-corrected chi connectivity index (χ1v) is 12.4. The van der Waals surface area contributed by atoms with Gasteiger partial charge in [0, 0.05) is 31.0 Å². The molecule has 1 aliphatic carbocycles. The lowest BCUT2D eigenvalue weighted by Gasteiger charge is -2.32. The van der Waals surface area contributed by atoms with Gasteiger partial charge in [-0.15, -0.1) is 0 Å². The number of nitrogens with one attached hydrogen (secondary N) is 2. The molecule has 3 heterocycles. The average molecular weight is 450 g/mol. The van der Waals surface area contributed by atoms with E-state index in [1.807, 2.05) is 12.4 Å². The Bertz CT molecular complexity index is 1020. The summed E-state index contributed by atoms with van der Waals surface area (Å²) in [7, 11) is 0. The van der Waals surface area contributed by atoms with Gasteiger partial charge in [-0.1, -0.05) is 31.4 Å². The molecule has 3 N–H and O–H groups in total. The van der Waals surface area contributed by atoms with Gasteiger partial charge in [0.1, 0.15) is 0 Å². The normalized spacial score (nSPS) is 18.7. The van der Waals surface area contributed by atoms with Crippen molar-refractivity contribution in [2.24, 2.45) is 0 Å². The molecule has 176 valence electrons. The molecule has 1 saturated carbocycles. The minimum atomic E-state index is 0.252. The SMILES string of the molecule is OCCN1CCC(NCc2ccc(Nc3ncc4cnn(C5CCCCC5)c4n3)cc2)CC1. The first kappa shape index (κ1) is 22.3. The van der Waals surface area contributed by atoms with Gasteiger partial charge in [-0.25, -0.2) is 9.67 Å². The van der Waals surface area contributed by atoms with Gasteiger partial charge in [0.25, 0.3) is 0 Å². The molecule has 0 unspecified atom stereocenters. The molecule has 0 amide bonds. The predicted molar refractivity (Wildman–Crippen MR) is 131 cm³/mol. The zero-order valence-corrected chi connectivity index (χ0v) is 19.3. The van der Waals surface area contributed by atoms with Crippen LogP contribution in [0.3, 0.4) is 0 Å². The first-order valence-electron chi connectivity index (χ1n) is 12.4. The van der Waals surface area contributed by atoms with Crippen LogP contribution in [0.5, 0.6) is 0 Å². The van der Waals surface area contributed by atoms with Gasteiger partial charge in [0.2, 0.25) is 5.95 Å². The lowest BCUT2D eigenvalue weighted by molar-refractivity contribution is 0.156. The van der Waals surface area contributed by atoms with Gasteiger partial charge in [-0.2, -0.15) is 10.1 Å². The number of fused-ring (bicyclic) bond motifs is 1. The van der Waals surface area contributed by atoms with E-state index in [1.165, 1.54) is 37.7 Å². The Morgan fingerprint density at radius 2 is 1.76 bits per heavy atom. The van der Waals surface area contributed by atoms with E-state index in [9.17, 15) is 0 Å². The summed E-state index contributed by atoms with van der Waals surface area (Å²) in [6.45, 7) is 4.03. The van der Waals surface area contributed by atoms with Crippen molar-refractivity contribution in [1.82, 2.24) is 30.0 Å². The highest BCUT2D eigenvalue weighted by Gasteiger charge is 2.20. The molecule has 3 aromatic rings. The Balaban J connectivity index is 1.17. The molecule has 0 atom stereocenters. The molecule has 1 aromatic carbocycles. The zero-order valence-electron chi connectivity index (χ0n) is 19.3. The molecule has 8 nitrogen and oxygen atoms in total. The molecule has 5 rings (SSSR count). The van der Waals surface area contributed by atoms with Crippen LogP contribution in [0.1, 0.15) is 56.6 Å². The lowest BCUT2D eigenvalue weighted by Crippen LogP contribution is -2.43. The highest BCUT2D eigenvalue weighted by atomic mass is 16.3. The van der Waals surface area contributed by atoms with Crippen LogP contribution < -0.4 is 10.6 Å². The minimum absolute atomic E-state index is 0.252. The van der Waals surface area contributed by atoms with Gasteiger partial charge in [-0.3, -0.25) is 0 Å². The molecule has 1 saturated heterocycles. The van der Waals surface area contributed by atoms with E-state index in [4.69, 9.17) is 10.1 Å². The summed E-state index contributed by atoms with van der Waals surface area (Å²) in [5.74, 6) is 0.612. The first-order chi connectivity index (χ1) is 16.3. The summed E-state index contributed by atoms with van der Waals surface area (Å²) in [5, 5.41) is 21.7. The highest BCUT2D eigenvalue weighted by Crippen LogP contribution is 2.30. The maximum absolute atomic E-state index is 9.08. The number of benzene rings is 1. The summed E-state index contributed by atoms with van der Waals surface area (Å²) in [5.41, 5.74) is 3.18. The lowest BCUT2D eigenvalue weighted by atomic mass is 9.96. The molecule has 1 aliphatic heterocycles. The maximum atomic E-state index is 9.08. The number of β-amino-alcohol motifs (C(OH)–C–C–N with tert-alkyl or cyclic N) is 1. The van der Waals surface area contributed by atoms with Crippen LogP contribution in [-0.4, -0.2) is 62.0 Å². The van der Waals surface area contributed by atoms with Crippen LogP contribution in [0.25, 0.3) is 11.0 Å². The number of hydrogen-bond acceptors (Lipinski definition) is 7. The standard InChI is InChI=1S/C25H35N7O/c33-15-14-31-12-10-21(11-13-31)26-16-19-6-8-22(9-7-19)29-25-27-17-20-18-28-32(24(20)30-25)23-4-2-1-3-5-23/h6-9,17-18,21,23,26,33H,1-5,10-16H2,(H,27,29,30). The van der Waals surface area contributed by atoms with Crippen LogP contribution in [0.15, 0.2) is 36.7 Å². The third-order valence-corrected chi connectivity index (χ3v) is 7.06. The Hall–Kier alpha value is -2.55. The summed E-state index contributed by atoms with van der Waals surface area (Å²) >= 11 is 0. The van der Waals surface area contributed by atoms with Crippen LogP contribution in [0, 0.1) is 0 Å². The maximum Gasteiger partial charge on any atom is 0.229 e. The number of likely N-dealkylation sites (tertiary alicyclic amines) is 1. The van der Waals surface area contributed by atoms with E-state index in [0.717, 1.165) is 55.7 Å². The van der Waals surface area contributed by atoms with Crippen LogP contribution in [-0.2, 0) is 6.54 Å². The number of rotatable bonds is 8. The van der Waals surface area contributed by atoms with Crippen molar-refractivity contribution >= 4 is 22.7 Å². The molecule has 2 fully saturated rings. The van der Waals surface area contributed by atoms with Crippen molar-refractivity contribution in [3.05, 3.63) is 42.2 Å². The van der Waals surface area contributed by atoms with Gasteiger partial charge in [0.05, 0.1) is 24.2 Å².